The van der Waals surface area contributed by atoms with Crippen molar-refractivity contribution in [1.29, 1.82) is 0 Å². The van der Waals surface area contributed by atoms with Crippen molar-refractivity contribution in [2.75, 3.05) is 13.2 Å². The summed E-state index contributed by atoms with van der Waals surface area (Å²) in [6, 6.07) is 10.3. The predicted octanol–water partition coefficient (Wildman–Crippen LogP) is 2.66. The van der Waals surface area contributed by atoms with Crippen LogP contribution in [0.5, 0.6) is 0 Å². The molecule has 0 bridgehead atoms. The highest BCUT2D eigenvalue weighted by Crippen LogP contribution is 2.27. The fourth-order valence-electron chi connectivity index (χ4n) is 2.59. The largest absolute Gasteiger partial charge is 0.381 e. The summed E-state index contributed by atoms with van der Waals surface area (Å²) < 4.78 is 5.51. The molecule has 3 rings (SSSR count). The van der Waals surface area contributed by atoms with E-state index in [0.29, 0.717) is 5.92 Å². The van der Waals surface area contributed by atoms with Gasteiger partial charge >= 0.3 is 0 Å². The summed E-state index contributed by atoms with van der Waals surface area (Å²) in [5.74, 6) is 0.418. The third kappa shape index (κ3) is 2.24. The molecule has 1 aliphatic heterocycles. The molecular weight excluding hydrogens is 224 g/mol. The van der Waals surface area contributed by atoms with Crippen LogP contribution < -0.4 is 5.73 Å². The average molecular weight is 242 g/mol. The molecule has 0 radical (unpaired) electrons. The monoisotopic (exact) mass is 242 g/mol. The summed E-state index contributed by atoms with van der Waals surface area (Å²) in [5, 5.41) is 1.15. The first-order chi connectivity index (χ1) is 8.84. The van der Waals surface area contributed by atoms with Crippen LogP contribution >= 0.6 is 0 Å². The van der Waals surface area contributed by atoms with Crippen molar-refractivity contribution in [2.45, 2.75) is 18.9 Å². The average Bonchev–Trinajstić information content (AvgIpc) is 2.47. The molecule has 2 atom stereocenters. The quantitative estimate of drug-likeness (QED) is 0.880. The molecule has 0 spiro atoms. The van der Waals surface area contributed by atoms with Crippen molar-refractivity contribution >= 4 is 10.9 Å². The van der Waals surface area contributed by atoms with Gasteiger partial charge in [0.15, 0.2) is 0 Å². The van der Waals surface area contributed by atoms with Gasteiger partial charge in [-0.15, -0.1) is 0 Å². The second-order valence-corrected chi connectivity index (χ2v) is 4.96. The summed E-state index contributed by atoms with van der Waals surface area (Å²) in [6.07, 6.45) is 4.16. The minimum Gasteiger partial charge on any atom is -0.381 e. The summed E-state index contributed by atoms with van der Waals surface area (Å²) in [4.78, 5) is 4.48. The van der Waals surface area contributed by atoms with E-state index in [4.69, 9.17) is 10.5 Å². The summed E-state index contributed by atoms with van der Waals surface area (Å²) >= 11 is 0. The Morgan fingerprint density at radius 3 is 3.06 bits per heavy atom. The lowest BCUT2D eigenvalue weighted by molar-refractivity contribution is 0.0447. The lowest BCUT2D eigenvalue weighted by Crippen LogP contribution is -2.29. The van der Waals surface area contributed by atoms with Crippen molar-refractivity contribution in [2.24, 2.45) is 11.7 Å². The molecule has 3 heteroatoms. The third-order valence-corrected chi connectivity index (χ3v) is 3.70. The van der Waals surface area contributed by atoms with Gasteiger partial charge in [0.2, 0.25) is 0 Å². The smallest absolute Gasteiger partial charge is 0.0702 e. The molecule has 0 aliphatic carbocycles. The van der Waals surface area contributed by atoms with Gasteiger partial charge in [-0.3, -0.25) is 4.98 Å². The van der Waals surface area contributed by atoms with E-state index in [-0.39, 0.29) is 6.04 Å². The summed E-state index contributed by atoms with van der Waals surface area (Å²) in [5.41, 5.74) is 8.48. The van der Waals surface area contributed by atoms with Gasteiger partial charge in [-0.05, 0) is 30.5 Å². The molecule has 1 fully saturated rings. The molecule has 1 aromatic carbocycles. The van der Waals surface area contributed by atoms with Crippen LogP contribution in [0.25, 0.3) is 10.9 Å². The van der Waals surface area contributed by atoms with Gasteiger partial charge in [-0.2, -0.15) is 0 Å². The number of fused-ring (bicyclic) bond motifs is 1. The van der Waals surface area contributed by atoms with Crippen LogP contribution in [0.4, 0.5) is 0 Å². The van der Waals surface area contributed by atoms with Crippen molar-refractivity contribution in [3.8, 4) is 0 Å². The number of ether oxygens (including phenoxy) is 1. The predicted molar refractivity (Wildman–Crippen MR) is 72.2 cm³/mol. The van der Waals surface area contributed by atoms with Gasteiger partial charge < -0.3 is 10.5 Å². The van der Waals surface area contributed by atoms with Crippen molar-refractivity contribution in [1.82, 2.24) is 4.98 Å². The molecular formula is C15H18N2O. The van der Waals surface area contributed by atoms with Gasteiger partial charge in [0.1, 0.15) is 0 Å². The molecule has 2 unspecified atom stereocenters. The first kappa shape index (κ1) is 11.6. The lowest BCUT2D eigenvalue weighted by Gasteiger charge is -2.27. The fraction of sp³-hybridized carbons (Fsp3) is 0.400. The molecule has 2 aromatic rings. The van der Waals surface area contributed by atoms with E-state index in [1.807, 2.05) is 24.4 Å². The second-order valence-electron chi connectivity index (χ2n) is 4.96. The zero-order valence-corrected chi connectivity index (χ0v) is 10.4. The van der Waals surface area contributed by atoms with Gasteiger partial charge in [0, 0.05) is 30.1 Å². The van der Waals surface area contributed by atoms with E-state index < -0.39 is 0 Å². The number of rotatable bonds is 2. The van der Waals surface area contributed by atoms with E-state index in [1.165, 1.54) is 0 Å². The number of para-hydroxylation sites is 1. The maximum atomic E-state index is 6.34. The molecule has 18 heavy (non-hydrogen) atoms. The Morgan fingerprint density at radius 1 is 1.33 bits per heavy atom. The van der Waals surface area contributed by atoms with Crippen molar-refractivity contribution in [3.63, 3.8) is 0 Å². The standard InChI is InChI=1S/C15H18N2O/c16-15(12-5-3-7-18-10-12)13-8-11-4-1-2-6-14(11)17-9-13/h1-2,4,6,8-9,12,15H,3,5,7,10,16H2. The molecule has 2 N–H and O–H groups in total. The Kier molecular flexibility index (Phi) is 3.26. The Balaban J connectivity index is 1.88. The number of benzene rings is 1. The number of hydrogen-bond acceptors (Lipinski definition) is 3. The van der Waals surface area contributed by atoms with Crippen LogP contribution in [0, 0.1) is 5.92 Å². The van der Waals surface area contributed by atoms with Crippen LogP contribution in [0.1, 0.15) is 24.4 Å². The maximum absolute atomic E-state index is 6.34. The highest BCUT2D eigenvalue weighted by molar-refractivity contribution is 5.78. The van der Waals surface area contributed by atoms with Gasteiger partial charge in [0.25, 0.3) is 0 Å². The first-order valence-electron chi connectivity index (χ1n) is 6.52. The molecule has 1 saturated heterocycles. The zero-order valence-electron chi connectivity index (χ0n) is 10.4. The van der Waals surface area contributed by atoms with Crippen LogP contribution in [-0.2, 0) is 4.74 Å². The van der Waals surface area contributed by atoms with Crippen LogP contribution in [0.2, 0.25) is 0 Å². The van der Waals surface area contributed by atoms with E-state index in [2.05, 4.69) is 17.1 Å². The molecule has 3 nitrogen and oxygen atoms in total. The number of aromatic nitrogens is 1. The molecule has 0 saturated carbocycles. The number of nitrogens with zero attached hydrogens (tertiary/aromatic N) is 1. The third-order valence-electron chi connectivity index (χ3n) is 3.70. The Bertz CT molecular complexity index is 535. The van der Waals surface area contributed by atoms with Gasteiger partial charge in [-0.25, -0.2) is 0 Å². The highest BCUT2D eigenvalue weighted by atomic mass is 16.5. The van der Waals surface area contributed by atoms with E-state index >= 15 is 0 Å². The number of hydrogen-bond donors (Lipinski definition) is 1. The second kappa shape index (κ2) is 5.04. The van der Waals surface area contributed by atoms with Gasteiger partial charge in [0.05, 0.1) is 12.1 Å². The summed E-state index contributed by atoms with van der Waals surface area (Å²) in [6.45, 7) is 1.65. The fourth-order valence-corrected chi connectivity index (χ4v) is 2.59. The molecule has 1 aromatic heterocycles. The maximum Gasteiger partial charge on any atom is 0.0702 e. The topological polar surface area (TPSA) is 48.1 Å². The Morgan fingerprint density at radius 2 is 2.22 bits per heavy atom. The Hall–Kier alpha value is -1.45. The highest BCUT2D eigenvalue weighted by Gasteiger charge is 2.22. The van der Waals surface area contributed by atoms with E-state index in [1.54, 1.807) is 0 Å². The summed E-state index contributed by atoms with van der Waals surface area (Å²) in [7, 11) is 0. The zero-order chi connectivity index (χ0) is 12.4. The Labute approximate surface area is 107 Å². The minimum atomic E-state index is 0.0300. The van der Waals surface area contributed by atoms with E-state index in [9.17, 15) is 0 Å². The lowest BCUT2D eigenvalue weighted by atomic mass is 9.90. The number of nitrogens with two attached hydrogens (primary N) is 1. The van der Waals surface area contributed by atoms with Crippen LogP contribution in [0.3, 0.4) is 0 Å². The van der Waals surface area contributed by atoms with Gasteiger partial charge in [-0.1, -0.05) is 18.2 Å². The normalized spacial score (nSPS) is 21.9. The van der Waals surface area contributed by atoms with Crippen LogP contribution in [-0.4, -0.2) is 18.2 Å². The van der Waals surface area contributed by atoms with E-state index in [0.717, 1.165) is 42.5 Å². The first-order valence-corrected chi connectivity index (χ1v) is 6.52. The molecule has 1 aliphatic rings. The number of pyridine rings is 1. The molecule has 0 amide bonds. The molecule has 94 valence electrons. The SMILES string of the molecule is NC(c1cnc2ccccc2c1)C1CCCOC1. The van der Waals surface area contributed by atoms with Crippen molar-refractivity contribution in [3.05, 3.63) is 42.1 Å². The van der Waals surface area contributed by atoms with Crippen molar-refractivity contribution < 1.29 is 4.74 Å². The van der Waals surface area contributed by atoms with Crippen LogP contribution in [0.15, 0.2) is 36.5 Å². The minimum absolute atomic E-state index is 0.0300. The molecule has 2 heterocycles.